The standard InChI is InChI=1S/C15H26N6O5/c1-24-7-4-18-14(22)10-12(16)20-11(13(17)19-10)15(23)21(5-8-25-2)6-9-26-3/h4-9H2,1-3H3,(H2,16,20)(H2,17,19)(H,18,22). The molecule has 0 aromatic carbocycles. The number of nitrogens with zero attached hydrogens (tertiary/aromatic N) is 3. The van der Waals surface area contributed by atoms with E-state index in [4.69, 9.17) is 25.7 Å². The molecular formula is C15H26N6O5. The molecular weight excluding hydrogens is 344 g/mol. The van der Waals surface area contributed by atoms with Crippen LogP contribution in [-0.4, -0.2) is 87.5 Å². The lowest BCUT2D eigenvalue weighted by molar-refractivity contribution is 0.0622. The van der Waals surface area contributed by atoms with Crippen molar-refractivity contribution in [1.29, 1.82) is 0 Å². The maximum absolute atomic E-state index is 12.7. The summed E-state index contributed by atoms with van der Waals surface area (Å²) in [6, 6.07) is 0. The Morgan fingerprint density at radius 3 is 1.96 bits per heavy atom. The van der Waals surface area contributed by atoms with Crippen molar-refractivity contribution >= 4 is 23.5 Å². The van der Waals surface area contributed by atoms with E-state index in [2.05, 4.69) is 15.3 Å². The quantitative estimate of drug-likeness (QED) is 0.405. The molecule has 0 fully saturated rings. The molecule has 0 aliphatic carbocycles. The van der Waals surface area contributed by atoms with Gasteiger partial charge in [-0.1, -0.05) is 0 Å². The van der Waals surface area contributed by atoms with Crippen molar-refractivity contribution in [2.24, 2.45) is 0 Å². The molecule has 0 spiro atoms. The molecule has 5 N–H and O–H groups in total. The number of carbonyl (C=O) groups is 2. The van der Waals surface area contributed by atoms with Crippen LogP contribution in [0, 0.1) is 0 Å². The number of hydrogen-bond acceptors (Lipinski definition) is 9. The Balaban J connectivity index is 2.99. The smallest absolute Gasteiger partial charge is 0.276 e. The van der Waals surface area contributed by atoms with Crippen LogP contribution in [0.25, 0.3) is 0 Å². The molecule has 146 valence electrons. The first-order valence-corrected chi connectivity index (χ1v) is 7.93. The van der Waals surface area contributed by atoms with E-state index in [0.29, 0.717) is 32.9 Å². The second kappa shape index (κ2) is 11.2. The Hall–Kier alpha value is -2.50. The highest BCUT2D eigenvalue weighted by molar-refractivity contribution is 6.00. The van der Waals surface area contributed by atoms with Crippen molar-refractivity contribution in [2.75, 3.05) is 72.3 Å². The molecule has 11 heteroatoms. The van der Waals surface area contributed by atoms with E-state index in [-0.39, 0.29) is 29.6 Å². The molecule has 0 saturated heterocycles. The van der Waals surface area contributed by atoms with Gasteiger partial charge in [0.1, 0.15) is 0 Å². The summed E-state index contributed by atoms with van der Waals surface area (Å²) in [7, 11) is 4.57. The van der Waals surface area contributed by atoms with Gasteiger partial charge in [0, 0.05) is 41.0 Å². The van der Waals surface area contributed by atoms with Crippen molar-refractivity contribution in [1.82, 2.24) is 20.2 Å². The number of ether oxygens (including phenoxy) is 3. The average molecular weight is 370 g/mol. The fourth-order valence-corrected chi connectivity index (χ4v) is 2.00. The number of nitrogens with one attached hydrogen (secondary N) is 1. The fraction of sp³-hybridized carbons (Fsp3) is 0.600. The van der Waals surface area contributed by atoms with E-state index < -0.39 is 11.8 Å². The Morgan fingerprint density at radius 1 is 0.923 bits per heavy atom. The molecule has 1 heterocycles. The zero-order valence-corrected chi connectivity index (χ0v) is 15.3. The van der Waals surface area contributed by atoms with Gasteiger partial charge in [-0.3, -0.25) is 9.59 Å². The first kappa shape index (κ1) is 21.5. The van der Waals surface area contributed by atoms with Crippen LogP contribution in [0.1, 0.15) is 21.0 Å². The fourth-order valence-electron chi connectivity index (χ4n) is 2.00. The van der Waals surface area contributed by atoms with Crippen molar-refractivity contribution in [3.63, 3.8) is 0 Å². The number of methoxy groups -OCH3 is 3. The van der Waals surface area contributed by atoms with Gasteiger partial charge in [0.05, 0.1) is 19.8 Å². The van der Waals surface area contributed by atoms with Gasteiger partial charge < -0.3 is 35.9 Å². The van der Waals surface area contributed by atoms with Gasteiger partial charge in [0.25, 0.3) is 11.8 Å². The molecule has 0 saturated carbocycles. The maximum atomic E-state index is 12.7. The monoisotopic (exact) mass is 370 g/mol. The largest absolute Gasteiger partial charge is 0.383 e. The third-order valence-corrected chi connectivity index (χ3v) is 3.38. The van der Waals surface area contributed by atoms with Crippen molar-refractivity contribution in [3.8, 4) is 0 Å². The topological polar surface area (TPSA) is 155 Å². The van der Waals surface area contributed by atoms with E-state index in [1.54, 1.807) is 0 Å². The van der Waals surface area contributed by atoms with Crippen LogP contribution in [0.2, 0.25) is 0 Å². The molecule has 1 rings (SSSR count). The van der Waals surface area contributed by atoms with Crippen LogP contribution in [0.5, 0.6) is 0 Å². The zero-order valence-electron chi connectivity index (χ0n) is 15.3. The van der Waals surface area contributed by atoms with E-state index in [0.717, 1.165) is 0 Å². The summed E-state index contributed by atoms with van der Waals surface area (Å²) < 4.78 is 14.8. The summed E-state index contributed by atoms with van der Waals surface area (Å²) in [4.78, 5) is 34.1. The predicted octanol–water partition coefficient (Wildman–Crippen LogP) is -1.25. The third kappa shape index (κ3) is 6.10. The zero-order chi connectivity index (χ0) is 19.5. The number of aromatic nitrogens is 2. The minimum absolute atomic E-state index is 0.122. The normalized spacial score (nSPS) is 10.6. The number of nitrogens with two attached hydrogens (primary N) is 2. The van der Waals surface area contributed by atoms with Gasteiger partial charge in [0.2, 0.25) is 0 Å². The average Bonchev–Trinajstić information content (AvgIpc) is 2.63. The van der Waals surface area contributed by atoms with E-state index in [9.17, 15) is 9.59 Å². The van der Waals surface area contributed by atoms with Gasteiger partial charge in [-0.2, -0.15) is 0 Å². The van der Waals surface area contributed by atoms with E-state index in [1.807, 2.05) is 0 Å². The van der Waals surface area contributed by atoms with E-state index in [1.165, 1.54) is 26.2 Å². The lowest BCUT2D eigenvalue weighted by Crippen LogP contribution is -2.38. The van der Waals surface area contributed by atoms with Crippen LogP contribution in [-0.2, 0) is 14.2 Å². The minimum atomic E-state index is -0.548. The Labute approximate surface area is 152 Å². The molecule has 0 radical (unpaired) electrons. The lowest BCUT2D eigenvalue weighted by Gasteiger charge is -2.22. The summed E-state index contributed by atoms with van der Waals surface area (Å²) >= 11 is 0. The molecule has 1 aromatic rings. The number of rotatable bonds is 11. The number of carbonyl (C=O) groups excluding carboxylic acids is 2. The Kier molecular flexibility index (Phi) is 9.26. The first-order chi connectivity index (χ1) is 12.5. The van der Waals surface area contributed by atoms with Gasteiger partial charge in [-0.15, -0.1) is 0 Å². The second-order valence-electron chi connectivity index (χ2n) is 5.22. The summed E-state index contributed by atoms with van der Waals surface area (Å²) in [5.41, 5.74) is 11.4. The van der Waals surface area contributed by atoms with Crippen LogP contribution in [0.4, 0.5) is 11.6 Å². The molecule has 0 aliphatic heterocycles. The van der Waals surface area contributed by atoms with Crippen molar-refractivity contribution < 1.29 is 23.8 Å². The number of hydrogen-bond donors (Lipinski definition) is 3. The minimum Gasteiger partial charge on any atom is -0.383 e. The van der Waals surface area contributed by atoms with Gasteiger partial charge in [-0.05, 0) is 0 Å². The predicted molar refractivity (Wildman–Crippen MR) is 94.7 cm³/mol. The van der Waals surface area contributed by atoms with Gasteiger partial charge in [-0.25, -0.2) is 9.97 Å². The highest BCUT2D eigenvalue weighted by atomic mass is 16.5. The Morgan fingerprint density at radius 2 is 1.42 bits per heavy atom. The number of nitrogen functional groups attached to an aromatic ring is 2. The summed E-state index contributed by atoms with van der Waals surface area (Å²) in [5, 5.41) is 2.56. The summed E-state index contributed by atoms with van der Waals surface area (Å²) in [6.45, 7) is 1.91. The summed E-state index contributed by atoms with van der Waals surface area (Å²) in [5.74, 6) is -1.38. The van der Waals surface area contributed by atoms with Crippen LogP contribution in [0.3, 0.4) is 0 Å². The molecule has 0 unspecified atom stereocenters. The molecule has 0 atom stereocenters. The van der Waals surface area contributed by atoms with Gasteiger partial charge >= 0.3 is 0 Å². The number of amides is 2. The van der Waals surface area contributed by atoms with E-state index >= 15 is 0 Å². The summed E-state index contributed by atoms with van der Waals surface area (Å²) in [6.07, 6.45) is 0. The first-order valence-electron chi connectivity index (χ1n) is 7.93. The number of anilines is 2. The van der Waals surface area contributed by atoms with Crippen LogP contribution in [0.15, 0.2) is 0 Å². The molecule has 0 bridgehead atoms. The molecule has 0 aliphatic rings. The van der Waals surface area contributed by atoms with Crippen LogP contribution >= 0.6 is 0 Å². The molecule has 11 nitrogen and oxygen atoms in total. The Bertz CT molecular complexity index is 604. The third-order valence-electron chi connectivity index (χ3n) is 3.38. The lowest BCUT2D eigenvalue weighted by atomic mass is 10.3. The maximum Gasteiger partial charge on any atom is 0.276 e. The van der Waals surface area contributed by atoms with Gasteiger partial charge in [0.15, 0.2) is 23.0 Å². The molecule has 1 aromatic heterocycles. The van der Waals surface area contributed by atoms with Crippen LogP contribution < -0.4 is 16.8 Å². The van der Waals surface area contributed by atoms with Crippen molar-refractivity contribution in [2.45, 2.75) is 0 Å². The molecule has 2 amide bonds. The SMILES string of the molecule is COCCNC(=O)c1nc(N)c(C(=O)N(CCOC)CCOC)nc1N. The van der Waals surface area contributed by atoms with Crippen molar-refractivity contribution in [3.05, 3.63) is 11.4 Å². The highest BCUT2D eigenvalue weighted by Gasteiger charge is 2.24. The second-order valence-corrected chi connectivity index (χ2v) is 5.22. The molecule has 26 heavy (non-hydrogen) atoms. The highest BCUT2D eigenvalue weighted by Crippen LogP contribution is 2.15.